The average molecular weight is 382 g/mol. The minimum absolute atomic E-state index is 0.286. The summed E-state index contributed by atoms with van der Waals surface area (Å²) >= 11 is 1.46. The van der Waals surface area contributed by atoms with Crippen LogP contribution in [0.2, 0.25) is 0 Å². The molecule has 0 saturated heterocycles. The fourth-order valence-electron chi connectivity index (χ4n) is 2.66. The molecule has 0 spiro atoms. The van der Waals surface area contributed by atoms with Crippen LogP contribution in [0.4, 0.5) is 0 Å². The van der Waals surface area contributed by atoms with Gasteiger partial charge < -0.3 is 10.1 Å². The zero-order valence-corrected chi connectivity index (χ0v) is 16.2. The predicted molar refractivity (Wildman–Crippen MR) is 107 cm³/mol. The zero-order valence-electron chi connectivity index (χ0n) is 15.4. The number of carbonyl (C=O) groups is 2. The van der Waals surface area contributed by atoms with Crippen molar-refractivity contribution in [3.8, 4) is 0 Å². The van der Waals surface area contributed by atoms with Crippen LogP contribution >= 0.6 is 11.3 Å². The summed E-state index contributed by atoms with van der Waals surface area (Å²) in [7, 11) is 0. The van der Waals surface area contributed by atoms with Gasteiger partial charge in [0.1, 0.15) is 0 Å². The van der Waals surface area contributed by atoms with E-state index in [-0.39, 0.29) is 12.5 Å². The van der Waals surface area contributed by atoms with Gasteiger partial charge in [-0.25, -0.2) is 9.78 Å². The molecular weight excluding hydrogens is 360 g/mol. The summed E-state index contributed by atoms with van der Waals surface area (Å²) in [6.07, 6.45) is 0.736. The highest BCUT2D eigenvalue weighted by Gasteiger charge is 2.11. The molecule has 0 bridgehead atoms. The Morgan fingerprint density at radius 3 is 2.67 bits per heavy atom. The lowest BCUT2D eigenvalue weighted by Gasteiger charge is -2.08. The van der Waals surface area contributed by atoms with Crippen LogP contribution in [0.15, 0.2) is 48.0 Å². The molecule has 0 aliphatic carbocycles. The molecule has 3 aromatic rings. The van der Waals surface area contributed by atoms with Gasteiger partial charge in [-0.1, -0.05) is 38.1 Å². The van der Waals surface area contributed by atoms with E-state index in [2.05, 4.69) is 48.4 Å². The van der Waals surface area contributed by atoms with Crippen molar-refractivity contribution in [2.45, 2.75) is 26.2 Å². The van der Waals surface area contributed by atoms with Crippen LogP contribution in [-0.2, 0) is 16.0 Å². The van der Waals surface area contributed by atoms with Crippen molar-refractivity contribution in [3.63, 3.8) is 0 Å². The number of ether oxygens (including phenoxy) is 1. The number of amides is 1. The van der Waals surface area contributed by atoms with Gasteiger partial charge >= 0.3 is 5.97 Å². The topological polar surface area (TPSA) is 68.3 Å². The summed E-state index contributed by atoms with van der Waals surface area (Å²) in [5.41, 5.74) is 5.45. The third kappa shape index (κ3) is 5.14. The van der Waals surface area contributed by atoms with Crippen LogP contribution in [0.5, 0.6) is 0 Å². The first-order valence-corrected chi connectivity index (χ1v) is 9.77. The molecule has 0 radical (unpaired) electrons. The van der Waals surface area contributed by atoms with Crippen LogP contribution in [0.3, 0.4) is 0 Å². The molecule has 1 N–H and O–H groups in total. The monoisotopic (exact) mass is 382 g/mol. The van der Waals surface area contributed by atoms with Crippen LogP contribution in [0.1, 0.15) is 41.3 Å². The van der Waals surface area contributed by atoms with Gasteiger partial charge in [0.05, 0.1) is 21.3 Å². The highest BCUT2D eigenvalue weighted by Crippen LogP contribution is 2.19. The Bertz CT molecular complexity index is 932. The average Bonchev–Trinajstić information content (AvgIpc) is 3.14. The number of hydrogen-bond acceptors (Lipinski definition) is 5. The Balaban J connectivity index is 1.41. The second-order valence-electron chi connectivity index (χ2n) is 6.61. The third-order valence-electron chi connectivity index (χ3n) is 4.28. The van der Waals surface area contributed by atoms with Gasteiger partial charge in [0, 0.05) is 6.54 Å². The molecule has 0 unspecified atom stereocenters. The number of nitrogens with one attached hydrogen (secondary N) is 1. The molecule has 0 saturated carbocycles. The molecule has 2 aromatic carbocycles. The quantitative estimate of drug-likeness (QED) is 0.629. The second-order valence-corrected chi connectivity index (χ2v) is 7.49. The molecule has 0 aliphatic rings. The molecular formula is C21H22N2O3S. The summed E-state index contributed by atoms with van der Waals surface area (Å²) in [6, 6.07) is 13.5. The number of fused-ring (bicyclic) bond motifs is 1. The minimum Gasteiger partial charge on any atom is -0.452 e. The minimum atomic E-state index is -0.510. The number of esters is 1. The number of thiazole rings is 1. The number of hydrogen-bond donors (Lipinski definition) is 1. The Hall–Kier alpha value is -2.73. The van der Waals surface area contributed by atoms with E-state index < -0.39 is 5.97 Å². The number of benzene rings is 2. The van der Waals surface area contributed by atoms with Crippen molar-refractivity contribution in [3.05, 3.63) is 64.7 Å². The Morgan fingerprint density at radius 1 is 1.15 bits per heavy atom. The summed E-state index contributed by atoms with van der Waals surface area (Å²) in [5, 5.41) is 2.78. The molecule has 0 atom stereocenters. The Morgan fingerprint density at radius 2 is 1.93 bits per heavy atom. The Kier molecular flexibility index (Phi) is 6.19. The SMILES string of the molecule is CC(C)c1ccc(CCNC(=O)COC(=O)c2ccc3ncsc3c2)cc1. The summed E-state index contributed by atoms with van der Waals surface area (Å²) < 4.78 is 6.01. The van der Waals surface area contributed by atoms with Crippen molar-refractivity contribution >= 4 is 33.4 Å². The molecule has 27 heavy (non-hydrogen) atoms. The largest absolute Gasteiger partial charge is 0.452 e. The normalized spacial score (nSPS) is 10.9. The molecule has 5 nitrogen and oxygen atoms in total. The number of aromatic nitrogens is 1. The van der Waals surface area contributed by atoms with E-state index in [1.165, 1.54) is 16.9 Å². The predicted octanol–water partition coefficient (Wildman–Crippen LogP) is 3.94. The maximum absolute atomic E-state index is 12.1. The molecule has 1 aromatic heterocycles. The van der Waals surface area contributed by atoms with Crippen LogP contribution in [0.25, 0.3) is 10.2 Å². The van der Waals surface area contributed by atoms with E-state index in [0.29, 0.717) is 18.0 Å². The van der Waals surface area contributed by atoms with Crippen LogP contribution in [-0.4, -0.2) is 30.0 Å². The van der Waals surface area contributed by atoms with Gasteiger partial charge in [0.2, 0.25) is 0 Å². The van der Waals surface area contributed by atoms with Gasteiger partial charge in [-0.2, -0.15) is 0 Å². The van der Waals surface area contributed by atoms with Crippen molar-refractivity contribution in [1.29, 1.82) is 0 Å². The summed E-state index contributed by atoms with van der Waals surface area (Å²) in [4.78, 5) is 28.1. The lowest BCUT2D eigenvalue weighted by Crippen LogP contribution is -2.30. The first kappa shape index (κ1) is 19.0. The summed E-state index contributed by atoms with van der Waals surface area (Å²) in [5.74, 6) is -0.309. The lowest BCUT2D eigenvalue weighted by atomic mass is 10.0. The molecule has 1 heterocycles. The fraction of sp³-hybridized carbons (Fsp3) is 0.286. The molecule has 0 fully saturated rings. The smallest absolute Gasteiger partial charge is 0.338 e. The lowest BCUT2D eigenvalue weighted by molar-refractivity contribution is -0.124. The van der Waals surface area contributed by atoms with E-state index in [0.717, 1.165) is 22.2 Å². The maximum Gasteiger partial charge on any atom is 0.338 e. The van der Waals surface area contributed by atoms with Crippen LogP contribution in [0, 0.1) is 0 Å². The van der Waals surface area contributed by atoms with Gasteiger partial charge in [-0.3, -0.25) is 4.79 Å². The van der Waals surface area contributed by atoms with E-state index in [9.17, 15) is 9.59 Å². The molecule has 0 aliphatic heterocycles. The zero-order chi connectivity index (χ0) is 19.2. The van der Waals surface area contributed by atoms with E-state index in [1.54, 1.807) is 23.7 Å². The number of rotatable bonds is 7. The maximum atomic E-state index is 12.1. The molecule has 3 rings (SSSR count). The van der Waals surface area contributed by atoms with E-state index in [4.69, 9.17) is 4.74 Å². The standard InChI is InChI=1S/C21H22N2O3S/c1-14(2)16-5-3-15(4-6-16)9-10-22-20(24)12-26-21(25)17-7-8-18-19(11-17)27-13-23-18/h3-8,11,13-14H,9-10,12H2,1-2H3,(H,22,24). The van der Waals surface area contributed by atoms with Gasteiger partial charge in [0.15, 0.2) is 6.61 Å². The van der Waals surface area contributed by atoms with Gasteiger partial charge in [0.25, 0.3) is 5.91 Å². The van der Waals surface area contributed by atoms with Crippen molar-refractivity contribution < 1.29 is 14.3 Å². The van der Waals surface area contributed by atoms with Crippen LogP contribution < -0.4 is 5.32 Å². The summed E-state index contributed by atoms with van der Waals surface area (Å²) in [6.45, 7) is 4.54. The molecule has 140 valence electrons. The number of nitrogens with zero attached hydrogens (tertiary/aromatic N) is 1. The fourth-order valence-corrected chi connectivity index (χ4v) is 3.38. The second kappa shape index (κ2) is 8.77. The Labute approximate surface area is 162 Å². The van der Waals surface area contributed by atoms with Crippen molar-refractivity contribution in [2.24, 2.45) is 0 Å². The van der Waals surface area contributed by atoms with Crippen molar-refractivity contribution in [2.75, 3.05) is 13.2 Å². The first-order chi connectivity index (χ1) is 13.0. The molecule has 6 heteroatoms. The van der Waals surface area contributed by atoms with Crippen molar-refractivity contribution in [1.82, 2.24) is 10.3 Å². The molecule has 1 amide bonds. The highest BCUT2D eigenvalue weighted by molar-refractivity contribution is 7.16. The first-order valence-electron chi connectivity index (χ1n) is 8.89. The number of carbonyl (C=O) groups excluding carboxylic acids is 2. The van der Waals surface area contributed by atoms with Gasteiger partial charge in [-0.15, -0.1) is 11.3 Å². The highest BCUT2D eigenvalue weighted by atomic mass is 32.1. The van der Waals surface area contributed by atoms with E-state index >= 15 is 0 Å². The van der Waals surface area contributed by atoms with Gasteiger partial charge in [-0.05, 0) is 41.7 Å². The third-order valence-corrected chi connectivity index (χ3v) is 5.08. The van der Waals surface area contributed by atoms with E-state index in [1.807, 2.05) is 0 Å².